The number of nitrogens with zero attached hydrogens (tertiary/aromatic N) is 2. The molecule has 0 saturated heterocycles. The Labute approximate surface area is 120 Å². The third kappa shape index (κ3) is 2.18. The molecule has 1 aromatic rings. The van der Waals surface area contributed by atoms with E-state index in [0.717, 1.165) is 6.42 Å². The van der Waals surface area contributed by atoms with E-state index in [0.29, 0.717) is 24.2 Å². The lowest BCUT2D eigenvalue weighted by Crippen LogP contribution is -2.52. The number of aliphatic hydroxyl groups excluding tert-OH is 1. The highest BCUT2D eigenvalue weighted by Gasteiger charge is 2.53. The van der Waals surface area contributed by atoms with Gasteiger partial charge in [-0.05, 0) is 37.7 Å². The summed E-state index contributed by atoms with van der Waals surface area (Å²) in [6, 6.07) is 8.69. The van der Waals surface area contributed by atoms with Crippen molar-refractivity contribution in [2.24, 2.45) is 16.6 Å². The third-order valence-corrected chi connectivity index (χ3v) is 4.83. The number of guanidine groups is 1. The molecule has 0 spiro atoms. The second-order valence-electron chi connectivity index (χ2n) is 6.49. The zero-order valence-corrected chi connectivity index (χ0v) is 12.4. The number of aliphatic hydroxyl groups is 1. The van der Waals surface area contributed by atoms with Gasteiger partial charge in [0.25, 0.3) is 0 Å². The molecule has 3 N–H and O–H groups in total. The summed E-state index contributed by atoms with van der Waals surface area (Å²) < 4.78 is 0. The molecule has 0 radical (unpaired) electrons. The van der Waals surface area contributed by atoms with Crippen molar-refractivity contribution in [3.8, 4) is 0 Å². The smallest absolute Gasteiger partial charge is 0.193 e. The van der Waals surface area contributed by atoms with Gasteiger partial charge in [0.15, 0.2) is 5.96 Å². The van der Waals surface area contributed by atoms with Crippen molar-refractivity contribution in [3.63, 3.8) is 0 Å². The molecule has 1 aliphatic heterocycles. The van der Waals surface area contributed by atoms with Crippen LogP contribution in [0, 0.1) is 12.8 Å². The van der Waals surface area contributed by atoms with E-state index < -0.39 is 6.23 Å². The summed E-state index contributed by atoms with van der Waals surface area (Å²) >= 11 is 0. The molecule has 4 atom stereocenters. The van der Waals surface area contributed by atoms with Gasteiger partial charge in [0.05, 0.1) is 5.54 Å². The van der Waals surface area contributed by atoms with Gasteiger partial charge in [-0.15, -0.1) is 0 Å². The van der Waals surface area contributed by atoms with Crippen molar-refractivity contribution < 1.29 is 5.11 Å². The van der Waals surface area contributed by atoms with Crippen LogP contribution in [-0.2, 0) is 0 Å². The van der Waals surface area contributed by atoms with Crippen LogP contribution >= 0.6 is 0 Å². The van der Waals surface area contributed by atoms with E-state index in [4.69, 9.17) is 5.73 Å². The molecule has 3 rings (SSSR count). The predicted molar refractivity (Wildman–Crippen MR) is 80.4 cm³/mol. The molecule has 1 aliphatic carbocycles. The van der Waals surface area contributed by atoms with Crippen molar-refractivity contribution in [1.29, 1.82) is 0 Å². The number of rotatable bonds is 2. The fourth-order valence-corrected chi connectivity index (χ4v) is 3.43. The van der Waals surface area contributed by atoms with E-state index in [1.165, 1.54) is 11.1 Å². The van der Waals surface area contributed by atoms with Crippen molar-refractivity contribution in [1.82, 2.24) is 4.90 Å². The van der Waals surface area contributed by atoms with Crippen LogP contribution in [0.5, 0.6) is 0 Å². The van der Waals surface area contributed by atoms with Crippen LogP contribution in [0.4, 0.5) is 0 Å². The highest BCUT2D eigenvalue weighted by atomic mass is 16.3. The fraction of sp³-hybridized carbons (Fsp3) is 0.562. The van der Waals surface area contributed by atoms with E-state index in [1.54, 1.807) is 11.9 Å². The third-order valence-electron chi connectivity index (χ3n) is 4.83. The number of hydrogen-bond donors (Lipinski definition) is 2. The van der Waals surface area contributed by atoms with Crippen LogP contribution in [0.25, 0.3) is 0 Å². The lowest BCUT2D eigenvalue weighted by atomic mass is 9.87. The summed E-state index contributed by atoms with van der Waals surface area (Å²) in [5.41, 5.74) is 8.37. The Kier molecular flexibility index (Phi) is 3.01. The molecule has 4 unspecified atom stereocenters. The molecule has 2 aliphatic rings. The molecule has 4 heteroatoms. The molecule has 4 nitrogen and oxygen atoms in total. The van der Waals surface area contributed by atoms with Crippen LogP contribution in [-0.4, -0.2) is 34.8 Å². The summed E-state index contributed by atoms with van der Waals surface area (Å²) in [5.74, 6) is 1.47. The molecule has 1 saturated carbocycles. The number of nitrogens with two attached hydrogens (primary N) is 1. The number of hydrogen-bond acceptors (Lipinski definition) is 4. The van der Waals surface area contributed by atoms with Gasteiger partial charge in [-0.2, -0.15) is 0 Å². The minimum Gasteiger partial charge on any atom is -0.373 e. The van der Waals surface area contributed by atoms with Crippen LogP contribution < -0.4 is 5.73 Å². The quantitative estimate of drug-likeness (QED) is 0.864. The average Bonchev–Trinajstić information content (AvgIpc) is 3.17. The Morgan fingerprint density at radius 1 is 1.45 bits per heavy atom. The van der Waals surface area contributed by atoms with Gasteiger partial charge in [0.2, 0.25) is 0 Å². The standard InChI is InChI=1S/C16H23N3O/c1-10-5-4-6-11(7-10)12-8-13(12)16(2)9-14(20)19(3)15(17)18-16/h4-7,12-14,20H,8-9H2,1-3H3,(H2,17,18). The normalized spacial score (nSPS) is 36.7. The molecule has 108 valence electrons. The first-order valence-electron chi connectivity index (χ1n) is 7.23. The maximum atomic E-state index is 10.1. The van der Waals surface area contributed by atoms with Crippen molar-refractivity contribution in [2.45, 2.75) is 44.4 Å². The first-order valence-corrected chi connectivity index (χ1v) is 7.23. The first kappa shape index (κ1) is 13.4. The highest BCUT2D eigenvalue weighted by molar-refractivity contribution is 5.79. The molecule has 0 bridgehead atoms. The number of aryl methyl sites for hydroxylation is 1. The summed E-state index contributed by atoms with van der Waals surface area (Å²) in [7, 11) is 1.79. The Morgan fingerprint density at radius 3 is 2.85 bits per heavy atom. The molecule has 0 amide bonds. The number of aliphatic imine (C=N–C) groups is 1. The molecule has 1 fully saturated rings. The SMILES string of the molecule is Cc1cccc(C2CC2C2(C)CC(O)N(C)C(N)=N2)c1. The first-order chi connectivity index (χ1) is 9.40. The van der Waals surface area contributed by atoms with E-state index in [9.17, 15) is 5.11 Å². The fourth-order valence-electron chi connectivity index (χ4n) is 3.43. The largest absolute Gasteiger partial charge is 0.373 e. The van der Waals surface area contributed by atoms with Crippen LogP contribution in [0.2, 0.25) is 0 Å². The Morgan fingerprint density at radius 2 is 2.20 bits per heavy atom. The van der Waals surface area contributed by atoms with Crippen molar-refractivity contribution in [3.05, 3.63) is 35.4 Å². The predicted octanol–water partition coefficient (Wildman–Crippen LogP) is 1.83. The van der Waals surface area contributed by atoms with E-state index in [2.05, 4.69) is 43.1 Å². The van der Waals surface area contributed by atoms with Crippen LogP contribution in [0.1, 0.15) is 36.8 Å². The molecular weight excluding hydrogens is 250 g/mol. The molecule has 0 aromatic heterocycles. The van der Waals surface area contributed by atoms with Crippen LogP contribution in [0.15, 0.2) is 29.3 Å². The second kappa shape index (κ2) is 4.48. The second-order valence-corrected chi connectivity index (χ2v) is 6.49. The summed E-state index contributed by atoms with van der Waals surface area (Å²) in [5, 5.41) is 10.1. The lowest BCUT2D eigenvalue weighted by Gasteiger charge is -2.39. The highest BCUT2D eigenvalue weighted by Crippen LogP contribution is 2.56. The number of benzene rings is 1. The van der Waals surface area contributed by atoms with E-state index in [1.807, 2.05) is 0 Å². The van der Waals surface area contributed by atoms with Crippen LogP contribution in [0.3, 0.4) is 0 Å². The van der Waals surface area contributed by atoms with E-state index >= 15 is 0 Å². The van der Waals surface area contributed by atoms with Gasteiger partial charge >= 0.3 is 0 Å². The van der Waals surface area contributed by atoms with Crippen molar-refractivity contribution in [2.75, 3.05) is 7.05 Å². The van der Waals surface area contributed by atoms with Gasteiger partial charge in [-0.1, -0.05) is 29.8 Å². The minimum atomic E-state index is -0.531. The molecule has 1 heterocycles. The monoisotopic (exact) mass is 273 g/mol. The van der Waals surface area contributed by atoms with Gasteiger partial charge < -0.3 is 15.7 Å². The maximum Gasteiger partial charge on any atom is 0.193 e. The summed E-state index contributed by atoms with van der Waals surface area (Å²) in [4.78, 5) is 6.31. The maximum absolute atomic E-state index is 10.1. The average molecular weight is 273 g/mol. The molecule has 20 heavy (non-hydrogen) atoms. The zero-order chi connectivity index (χ0) is 14.5. The van der Waals surface area contributed by atoms with E-state index in [-0.39, 0.29) is 5.54 Å². The topological polar surface area (TPSA) is 61.8 Å². The molecule has 1 aromatic carbocycles. The van der Waals surface area contributed by atoms with Gasteiger partial charge in [-0.25, -0.2) is 4.99 Å². The Balaban J connectivity index is 1.82. The molecular formula is C16H23N3O. The van der Waals surface area contributed by atoms with Crippen molar-refractivity contribution >= 4 is 5.96 Å². The summed E-state index contributed by atoms with van der Waals surface area (Å²) in [6.07, 6.45) is 1.25. The lowest BCUT2D eigenvalue weighted by molar-refractivity contribution is 0.0253. The van der Waals surface area contributed by atoms with Gasteiger partial charge in [0.1, 0.15) is 6.23 Å². The van der Waals surface area contributed by atoms with Gasteiger partial charge in [-0.3, -0.25) is 0 Å². The minimum absolute atomic E-state index is 0.246. The summed E-state index contributed by atoms with van der Waals surface area (Å²) in [6.45, 7) is 4.24. The zero-order valence-electron chi connectivity index (χ0n) is 12.4. The van der Waals surface area contributed by atoms with Gasteiger partial charge in [0, 0.05) is 13.5 Å². The Hall–Kier alpha value is -1.55. The Bertz CT molecular complexity index is 556.